The lowest BCUT2D eigenvalue weighted by atomic mass is 10.1. The van der Waals surface area contributed by atoms with Crippen molar-refractivity contribution < 1.29 is 9.72 Å². The van der Waals surface area contributed by atoms with Gasteiger partial charge in [-0.15, -0.1) is 0 Å². The Morgan fingerprint density at radius 2 is 1.75 bits per heavy atom. The predicted octanol–water partition coefficient (Wildman–Crippen LogP) is 5.16. The summed E-state index contributed by atoms with van der Waals surface area (Å²) >= 11 is 12.3. The van der Waals surface area contributed by atoms with Gasteiger partial charge >= 0.3 is 0 Å². The molecule has 5 nitrogen and oxygen atoms in total. The summed E-state index contributed by atoms with van der Waals surface area (Å²) in [5, 5.41) is 12.2. The predicted molar refractivity (Wildman–Crippen MR) is 94.3 cm³/mol. The molecule has 0 saturated heterocycles. The zero-order valence-corrected chi connectivity index (χ0v) is 14.4. The zero-order valence-electron chi connectivity index (χ0n) is 12.8. The number of rotatable bonds is 2. The van der Waals surface area contributed by atoms with E-state index in [0.717, 1.165) is 5.56 Å². The Kier molecular flexibility index (Phi) is 4.07. The molecule has 0 bridgehead atoms. The van der Waals surface area contributed by atoms with Crippen LogP contribution in [0.1, 0.15) is 21.6 Å². The third kappa shape index (κ3) is 2.46. The molecule has 0 unspecified atom stereocenters. The van der Waals surface area contributed by atoms with Crippen LogP contribution in [-0.2, 0) is 0 Å². The molecule has 0 spiro atoms. The molecule has 0 amide bonds. The third-order valence-electron chi connectivity index (χ3n) is 4.09. The van der Waals surface area contributed by atoms with Crippen LogP contribution in [0.15, 0.2) is 36.4 Å². The molecule has 2 aromatic carbocycles. The molecule has 24 heavy (non-hydrogen) atoms. The van der Waals surface area contributed by atoms with Crippen LogP contribution in [-0.4, -0.2) is 15.4 Å². The van der Waals surface area contributed by atoms with E-state index in [1.807, 2.05) is 6.92 Å². The Balaban J connectivity index is 2.29. The second kappa shape index (κ2) is 5.92. The minimum Gasteiger partial charge on any atom is -0.280 e. The van der Waals surface area contributed by atoms with Gasteiger partial charge in [0.25, 0.3) is 11.6 Å². The number of halogens is 2. The number of nitrogens with zero attached hydrogens (tertiary/aromatic N) is 2. The number of aromatic nitrogens is 1. The van der Waals surface area contributed by atoms with Crippen LogP contribution in [0.5, 0.6) is 0 Å². The monoisotopic (exact) mass is 362 g/mol. The molecule has 3 aromatic rings. The van der Waals surface area contributed by atoms with Crippen LogP contribution in [0.25, 0.3) is 10.9 Å². The van der Waals surface area contributed by atoms with Crippen LogP contribution in [0.2, 0.25) is 10.0 Å². The molecule has 7 heteroatoms. The Morgan fingerprint density at radius 1 is 1.12 bits per heavy atom. The Labute approximate surface area is 147 Å². The molecule has 0 aliphatic heterocycles. The normalized spacial score (nSPS) is 11.0. The fraction of sp³-hybridized carbons (Fsp3) is 0.118. The molecule has 0 N–H and O–H groups in total. The van der Waals surface area contributed by atoms with E-state index in [4.69, 9.17) is 23.2 Å². The number of aryl methyl sites for hydroxylation is 1. The third-order valence-corrected chi connectivity index (χ3v) is 4.72. The van der Waals surface area contributed by atoms with E-state index in [1.54, 1.807) is 31.2 Å². The smallest absolute Gasteiger partial charge is 0.270 e. The van der Waals surface area contributed by atoms with Gasteiger partial charge < -0.3 is 0 Å². The second-order valence-electron chi connectivity index (χ2n) is 5.41. The average molecular weight is 363 g/mol. The summed E-state index contributed by atoms with van der Waals surface area (Å²) in [5.74, 6) is -0.366. The van der Waals surface area contributed by atoms with Gasteiger partial charge in [0.1, 0.15) is 0 Å². The molecule has 0 atom stereocenters. The van der Waals surface area contributed by atoms with E-state index in [1.165, 1.54) is 16.7 Å². The SMILES string of the molecule is Cc1c(C)n(C(=O)c2c(Cl)cccc2Cl)c2ccc([N+](=O)[O-])cc12. The molecule has 0 fully saturated rings. The summed E-state index contributed by atoms with van der Waals surface area (Å²) in [5.41, 5.74) is 2.25. The summed E-state index contributed by atoms with van der Waals surface area (Å²) < 4.78 is 1.49. The fourth-order valence-electron chi connectivity index (χ4n) is 2.75. The van der Waals surface area contributed by atoms with Gasteiger partial charge in [0.15, 0.2) is 0 Å². The van der Waals surface area contributed by atoms with Crippen molar-refractivity contribution in [3.05, 3.63) is 73.4 Å². The number of non-ortho nitro benzene ring substituents is 1. The van der Waals surface area contributed by atoms with Gasteiger partial charge in [-0.3, -0.25) is 19.5 Å². The van der Waals surface area contributed by atoms with Gasteiger partial charge in [-0.05, 0) is 37.6 Å². The van der Waals surface area contributed by atoms with Gasteiger partial charge in [0.05, 0.1) is 26.0 Å². The van der Waals surface area contributed by atoms with Gasteiger partial charge in [-0.25, -0.2) is 0 Å². The first-order valence-corrected chi connectivity index (χ1v) is 7.83. The van der Waals surface area contributed by atoms with Crippen LogP contribution in [0, 0.1) is 24.0 Å². The first kappa shape index (κ1) is 16.5. The zero-order chi connectivity index (χ0) is 17.6. The van der Waals surface area contributed by atoms with Gasteiger partial charge in [0, 0.05) is 23.2 Å². The summed E-state index contributed by atoms with van der Waals surface area (Å²) in [6.07, 6.45) is 0. The molecule has 0 saturated carbocycles. The number of nitro benzene ring substituents is 1. The van der Waals surface area contributed by atoms with Crippen molar-refractivity contribution in [3.8, 4) is 0 Å². The highest BCUT2D eigenvalue weighted by Crippen LogP contribution is 2.32. The molecule has 3 rings (SSSR count). The number of fused-ring (bicyclic) bond motifs is 1. The highest BCUT2D eigenvalue weighted by molar-refractivity contribution is 6.40. The Bertz CT molecular complexity index is 988. The van der Waals surface area contributed by atoms with Crippen molar-refractivity contribution in [1.82, 2.24) is 4.57 Å². The van der Waals surface area contributed by atoms with E-state index in [9.17, 15) is 14.9 Å². The lowest BCUT2D eigenvalue weighted by molar-refractivity contribution is -0.384. The summed E-state index contributed by atoms with van der Waals surface area (Å²) in [7, 11) is 0. The fourth-order valence-corrected chi connectivity index (χ4v) is 3.31. The molecule has 1 aromatic heterocycles. The number of hydrogen-bond acceptors (Lipinski definition) is 3. The van der Waals surface area contributed by atoms with E-state index >= 15 is 0 Å². The Hall–Kier alpha value is -2.37. The lowest BCUT2D eigenvalue weighted by Gasteiger charge is -2.10. The van der Waals surface area contributed by atoms with E-state index in [-0.39, 0.29) is 27.2 Å². The Morgan fingerprint density at radius 3 is 2.33 bits per heavy atom. The van der Waals surface area contributed by atoms with Crippen LogP contribution in [0.3, 0.4) is 0 Å². The first-order valence-electron chi connectivity index (χ1n) is 7.07. The maximum atomic E-state index is 13.0. The lowest BCUT2D eigenvalue weighted by Crippen LogP contribution is -2.14. The second-order valence-corrected chi connectivity index (χ2v) is 6.22. The van der Waals surface area contributed by atoms with Crippen molar-refractivity contribution >= 4 is 45.7 Å². The number of benzene rings is 2. The minimum absolute atomic E-state index is 0.0222. The molecule has 0 aliphatic carbocycles. The van der Waals surface area contributed by atoms with Crippen molar-refractivity contribution in [1.29, 1.82) is 0 Å². The molecular formula is C17H12Cl2N2O3. The first-order chi connectivity index (χ1) is 11.3. The minimum atomic E-state index is -0.460. The molecule has 0 aliphatic rings. The summed E-state index contributed by atoms with van der Waals surface area (Å²) in [4.78, 5) is 23.5. The number of nitro groups is 1. The van der Waals surface area contributed by atoms with Gasteiger partial charge in [-0.2, -0.15) is 0 Å². The number of hydrogen-bond donors (Lipinski definition) is 0. The van der Waals surface area contributed by atoms with E-state index in [0.29, 0.717) is 16.6 Å². The molecule has 0 radical (unpaired) electrons. The van der Waals surface area contributed by atoms with Gasteiger partial charge in [0.2, 0.25) is 0 Å². The highest BCUT2D eigenvalue weighted by atomic mass is 35.5. The van der Waals surface area contributed by atoms with Crippen LogP contribution >= 0.6 is 23.2 Å². The average Bonchev–Trinajstić information content (AvgIpc) is 2.78. The van der Waals surface area contributed by atoms with Crippen molar-refractivity contribution in [2.45, 2.75) is 13.8 Å². The summed E-state index contributed by atoms with van der Waals surface area (Å²) in [6.45, 7) is 3.60. The number of carbonyl (C=O) groups is 1. The van der Waals surface area contributed by atoms with E-state index in [2.05, 4.69) is 0 Å². The maximum absolute atomic E-state index is 13.0. The summed E-state index contributed by atoms with van der Waals surface area (Å²) in [6, 6.07) is 9.26. The van der Waals surface area contributed by atoms with Crippen molar-refractivity contribution in [2.24, 2.45) is 0 Å². The van der Waals surface area contributed by atoms with Crippen molar-refractivity contribution in [3.63, 3.8) is 0 Å². The van der Waals surface area contributed by atoms with Crippen LogP contribution in [0.4, 0.5) is 5.69 Å². The topological polar surface area (TPSA) is 65.1 Å². The van der Waals surface area contributed by atoms with Crippen molar-refractivity contribution in [2.75, 3.05) is 0 Å². The molecule has 122 valence electrons. The van der Waals surface area contributed by atoms with Gasteiger partial charge in [-0.1, -0.05) is 29.3 Å². The largest absolute Gasteiger partial charge is 0.280 e. The molecular weight excluding hydrogens is 351 g/mol. The van der Waals surface area contributed by atoms with E-state index < -0.39 is 4.92 Å². The number of carbonyl (C=O) groups excluding carboxylic acids is 1. The van der Waals surface area contributed by atoms with Crippen LogP contribution < -0.4 is 0 Å². The quantitative estimate of drug-likeness (QED) is 0.467. The maximum Gasteiger partial charge on any atom is 0.270 e. The standard InChI is InChI=1S/C17H12Cl2N2O3/c1-9-10(2)20(15-7-6-11(21(23)24)8-12(9)15)17(22)16-13(18)4-3-5-14(16)19/h3-8H,1-2H3. The molecule has 1 heterocycles. The highest BCUT2D eigenvalue weighted by Gasteiger charge is 2.23.